The van der Waals surface area contributed by atoms with Gasteiger partial charge in [-0.2, -0.15) is 0 Å². The van der Waals surface area contributed by atoms with Crippen molar-refractivity contribution in [3.8, 4) is 0 Å². The number of nitrogens with zero attached hydrogens (tertiary/aromatic N) is 1. The SMILES string of the molecule is CS(=O)(=O)Cc1cccc(C(=O)NCc2cccnc2)c1. The molecule has 0 spiro atoms. The molecule has 1 heterocycles. The number of sulfone groups is 1. The molecule has 0 aliphatic carbocycles. The van der Waals surface area contributed by atoms with Crippen molar-refractivity contribution in [2.24, 2.45) is 0 Å². The Hall–Kier alpha value is -2.21. The highest BCUT2D eigenvalue weighted by molar-refractivity contribution is 7.89. The second kappa shape index (κ2) is 6.49. The summed E-state index contributed by atoms with van der Waals surface area (Å²) in [4.78, 5) is 16.0. The van der Waals surface area contributed by atoms with Crippen molar-refractivity contribution in [1.82, 2.24) is 10.3 Å². The summed E-state index contributed by atoms with van der Waals surface area (Å²) in [7, 11) is -3.11. The van der Waals surface area contributed by atoms with Crippen molar-refractivity contribution in [2.75, 3.05) is 6.26 Å². The van der Waals surface area contributed by atoms with Gasteiger partial charge in [-0.05, 0) is 29.3 Å². The molecule has 1 aromatic carbocycles. The van der Waals surface area contributed by atoms with Gasteiger partial charge in [0, 0.05) is 30.8 Å². The Kier molecular flexibility index (Phi) is 4.70. The van der Waals surface area contributed by atoms with Gasteiger partial charge in [-0.1, -0.05) is 18.2 Å². The van der Waals surface area contributed by atoms with Gasteiger partial charge in [0.2, 0.25) is 0 Å². The molecule has 110 valence electrons. The van der Waals surface area contributed by atoms with E-state index in [2.05, 4.69) is 10.3 Å². The molecule has 0 atom stereocenters. The molecular formula is C15H16N2O3S. The lowest BCUT2D eigenvalue weighted by Crippen LogP contribution is -2.23. The summed E-state index contributed by atoms with van der Waals surface area (Å²) >= 11 is 0. The summed E-state index contributed by atoms with van der Waals surface area (Å²) in [5, 5.41) is 2.78. The van der Waals surface area contributed by atoms with Crippen LogP contribution in [0.5, 0.6) is 0 Å². The number of pyridine rings is 1. The molecule has 1 amide bonds. The van der Waals surface area contributed by atoms with Crippen molar-refractivity contribution < 1.29 is 13.2 Å². The fourth-order valence-corrected chi connectivity index (χ4v) is 2.68. The first-order chi connectivity index (χ1) is 9.94. The average Bonchev–Trinajstić information content (AvgIpc) is 2.44. The molecule has 5 nitrogen and oxygen atoms in total. The maximum Gasteiger partial charge on any atom is 0.251 e. The van der Waals surface area contributed by atoms with E-state index in [1.165, 1.54) is 6.26 Å². The average molecular weight is 304 g/mol. The van der Waals surface area contributed by atoms with Gasteiger partial charge in [0.1, 0.15) is 0 Å². The maximum atomic E-state index is 12.1. The minimum atomic E-state index is -3.11. The molecule has 0 aliphatic rings. The predicted molar refractivity (Wildman–Crippen MR) is 80.4 cm³/mol. The lowest BCUT2D eigenvalue weighted by molar-refractivity contribution is 0.0950. The van der Waals surface area contributed by atoms with E-state index in [1.807, 2.05) is 6.07 Å². The first-order valence-corrected chi connectivity index (χ1v) is 8.44. The fraction of sp³-hybridized carbons (Fsp3) is 0.200. The van der Waals surface area contributed by atoms with Gasteiger partial charge >= 0.3 is 0 Å². The third-order valence-electron chi connectivity index (χ3n) is 2.79. The first-order valence-electron chi connectivity index (χ1n) is 6.38. The maximum absolute atomic E-state index is 12.1. The van der Waals surface area contributed by atoms with E-state index in [0.717, 1.165) is 5.56 Å². The van der Waals surface area contributed by atoms with Crippen LogP contribution >= 0.6 is 0 Å². The van der Waals surface area contributed by atoms with Gasteiger partial charge < -0.3 is 5.32 Å². The number of aromatic nitrogens is 1. The molecule has 6 heteroatoms. The fourth-order valence-electron chi connectivity index (χ4n) is 1.89. The minimum absolute atomic E-state index is 0.0727. The first kappa shape index (κ1) is 15.2. The third-order valence-corrected chi connectivity index (χ3v) is 3.65. The molecule has 0 saturated carbocycles. The molecule has 2 aromatic rings. The predicted octanol–water partition coefficient (Wildman–Crippen LogP) is 1.56. The monoisotopic (exact) mass is 304 g/mol. The Morgan fingerprint density at radius 2 is 1.95 bits per heavy atom. The van der Waals surface area contributed by atoms with Gasteiger partial charge in [0.25, 0.3) is 5.91 Å². The molecule has 0 saturated heterocycles. The zero-order valence-electron chi connectivity index (χ0n) is 11.6. The number of benzene rings is 1. The summed E-state index contributed by atoms with van der Waals surface area (Å²) in [6.07, 6.45) is 4.52. The topological polar surface area (TPSA) is 76.1 Å². The Balaban J connectivity index is 2.04. The van der Waals surface area contributed by atoms with Gasteiger partial charge in [-0.15, -0.1) is 0 Å². The number of carbonyl (C=O) groups is 1. The summed E-state index contributed by atoms with van der Waals surface area (Å²) in [6, 6.07) is 10.3. The van der Waals surface area contributed by atoms with E-state index in [0.29, 0.717) is 17.7 Å². The van der Waals surface area contributed by atoms with Crippen molar-refractivity contribution >= 4 is 15.7 Å². The van der Waals surface area contributed by atoms with Gasteiger partial charge in [0.15, 0.2) is 9.84 Å². The Bertz CT molecular complexity index is 728. The Morgan fingerprint density at radius 1 is 1.19 bits per heavy atom. The molecule has 0 unspecified atom stereocenters. The second-order valence-corrected chi connectivity index (χ2v) is 6.95. The van der Waals surface area contributed by atoms with Crippen LogP contribution in [0.4, 0.5) is 0 Å². The highest BCUT2D eigenvalue weighted by atomic mass is 32.2. The largest absolute Gasteiger partial charge is 0.348 e. The standard InChI is InChI=1S/C15H16N2O3S/c1-21(19,20)11-12-4-2-6-14(8-12)15(18)17-10-13-5-3-7-16-9-13/h2-9H,10-11H2,1H3,(H,17,18). The van der Waals surface area contributed by atoms with Crippen LogP contribution in [-0.2, 0) is 22.1 Å². The quantitative estimate of drug-likeness (QED) is 0.909. The lowest BCUT2D eigenvalue weighted by Gasteiger charge is -2.06. The van der Waals surface area contributed by atoms with Crippen LogP contribution < -0.4 is 5.32 Å². The smallest absolute Gasteiger partial charge is 0.251 e. The second-order valence-electron chi connectivity index (χ2n) is 4.81. The summed E-state index contributed by atoms with van der Waals surface area (Å²) in [5.41, 5.74) is 1.95. The van der Waals surface area contributed by atoms with Crippen LogP contribution in [0.25, 0.3) is 0 Å². The zero-order valence-corrected chi connectivity index (χ0v) is 12.4. The van der Waals surface area contributed by atoms with E-state index in [1.54, 1.807) is 42.7 Å². The third kappa shape index (κ3) is 5.00. The van der Waals surface area contributed by atoms with E-state index >= 15 is 0 Å². The molecule has 2 rings (SSSR count). The van der Waals surface area contributed by atoms with Crippen molar-refractivity contribution in [3.05, 3.63) is 65.5 Å². The molecule has 1 N–H and O–H groups in total. The Morgan fingerprint density at radius 3 is 2.62 bits per heavy atom. The van der Waals surface area contributed by atoms with Crippen molar-refractivity contribution in [1.29, 1.82) is 0 Å². The number of nitrogens with one attached hydrogen (secondary N) is 1. The van der Waals surface area contributed by atoms with Crippen molar-refractivity contribution in [2.45, 2.75) is 12.3 Å². The minimum Gasteiger partial charge on any atom is -0.348 e. The van der Waals surface area contributed by atoms with Crippen LogP contribution in [0, 0.1) is 0 Å². The normalized spacial score (nSPS) is 11.1. The van der Waals surface area contributed by atoms with Gasteiger partial charge in [0.05, 0.1) is 5.75 Å². The Labute approximate surface area is 124 Å². The van der Waals surface area contributed by atoms with Crippen LogP contribution in [0.1, 0.15) is 21.5 Å². The van der Waals surface area contributed by atoms with Crippen LogP contribution in [-0.4, -0.2) is 25.6 Å². The number of carbonyl (C=O) groups excluding carboxylic acids is 1. The lowest BCUT2D eigenvalue weighted by atomic mass is 10.1. The number of hydrogen-bond acceptors (Lipinski definition) is 4. The number of rotatable bonds is 5. The molecule has 1 aromatic heterocycles. The van der Waals surface area contributed by atoms with E-state index in [4.69, 9.17) is 0 Å². The molecule has 0 fully saturated rings. The number of hydrogen-bond donors (Lipinski definition) is 1. The summed E-state index contributed by atoms with van der Waals surface area (Å²) in [5.74, 6) is -0.314. The molecule has 0 radical (unpaired) electrons. The van der Waals surface area contributed by atoms with Crippen LogP contribution in [0.2, 0.25) is 0 Å². The zero-order chi connectivity index (χ0) is 15.3. The summed E-state index contributed by atoms with van der Waals surface area (Å²) < 4.78 is 22.6. The van der Waals surface area contributed by atoms with Crippen LogP contribution in [0.15, 0.2) is 48.8 Å². The molecule has 0 bridgehead atoms. The van der Waals surface area contributed by atoms with Crippen molar-refractivity contribution in [3.63, 3.8) is 0 Å². The molecule has 21 heavy (non-hydrogen) atoms. The van der Waals surface area contributed by atoms with Gasteiger partial charge in [-0.3, -0.25) is 9.78 Å². The van der Waals surface area contributed by atoms with Gasteiger partial charge in [-0.25, -0.2) is 8.42 Å². The number of amides is 1. The van der Waals surface area contributed by atoms with E-state index in [9.17, 15) is 13.2 Å². The molecular weight excluding hydrogens is 288 g/mol. The van der Waals surface area contributed by atoms with E-state index in [-0.39, 0.29) is 11.7 Å². The highest BCUT2D eigenvalue weighted by Gasteiger charge is 2.09. The van der Waals surface area contributed by atoms with Crippen LogP contribution in [0.3, 0.4) is 0 Å². The van der Waals surface area contributed by atoms with E-state index < -0.39 is 9.84 Å². The molecule has 0 aliphatic heterocycles. The highest BCUT2D eigenvalue weighted by Crippen LogP contribution is 2.09. The summed E-state index contributed by atoms with van der Waals surface area (Å²) in [6.45, 7) is 0.378.